The summed E-state index contributed by atoms with van der Waals surface area (Å²) < 4.78 is 11.5. The van der Waals surface area contributed by atoms with Crippen LogP contribution in [0.4, 0.5) is 0 Å². The first-order valence-electron chi connectivity index (χ1n) is 6.24. The molecule has 2 fully saturated rings. The van der Waals surface area contributed by atoms with Crippen molar-refractivity contribution in [3.05, 3.63) is 23.0 Å². The van der Waals surface area contributed by atoms with Gasteiger partial charge in [0.25, 0.3) is 0 Å². The zero-order chi connectivity index (χ0) is 12.4. The van der Waals surface area contributed by atoms with Crippen LogP contribution >= 0.6 is 11.6 Å². The summed E-state index contributed by atoms with van der Waals surface area (Å²) in [5.74, 6) is -0.377. The van der Waals surface area contributed by atoms with Crippen LogP contribution in [0, 0.1) is 0 Å². The second-order valence-electron chi connectivity index (χ2n) is 4.77. The fourth-order valence-electron chi connectivity index (χ4n) is 2.60. The zero-order valence-corrected chi connectivity index (χ0v) is 10.9. The van der Waals surface area contributed by atoms with Gasteiger partial charge in [-0.2, -0.15) is 5.10 Å². The number of rotatable bonds is 2. The Morgan fingerprint density at radius 2 is 2.11 bits per heavy atom. The first kappa shape index (κ1) is 12.3. The lowest BCUT2D eigenvalue weighted by molar-refractivity contribution is -0.190. The van der Waals surface area contributed by atoms with Crippen LogP contribution in [0.5, 0.6) is 0 Å². The van der Waals surface area contributed by atoms with Crippen LogP contribution in [0.2, 0.25) is 5.15 Å². The van der Waals surface area contributed by atoms with Crippen molar-refractivity contribution in [3.63, 3.8) is 0 Å². The molecule has 6 heteroatoms. The lowest BCUT2D eigenvalue weighted by Crippen LogP contribution is -2.48. The van der Waals surface area contributed by atoms with Crippen LogP contribution in [-0.4, -0.2) is 47.2 Å². The van der Waals surface area contributed by atoms with Crippen LogP contribution in [0.15, 0.2) is 12.1 Å². The van der Waals surface area contributed by atoms with E-state index in [9.17, 15) is 0 Å². The quantitative estimate of drug-likeness (QED) is 0.814. The number of hydrogen-bond acceptors (Lipinski definition) is 5. The highest BCUT2D eigenvalue weighted by Crippen LogP contribution is 2.30. The fourth-order valence-corrected chi connectivity index (χ4v) is 2.70. The van der Waals surface area contributed by atoms with E-state index in [2.05, 4.69) is 15.1 Å². The summed E-state index contributed by atoms with van der Waals surface area (Å²) >= 11 is 5.73. The molecule has 2 aliphatic rings. The number of halogens is 1. The molecule has 0 unspecified atom stereocenters. The van der Waals surface area contributed by atoms with Gasteiger partial charge in [0.05, 0.1) is 25.5 Å². The molecule has 3 heterocycles. The molecule has 98 valence electrons. The Morgan fingerprint density at radius 1 is 1.28 bits per heavy atom. The highest BCUT2D eigenvalue weighted by atomic mass is 35.5. The maximum Gasteiger partial charge on any atom is 0.181 e. The summed E-state index contributed by atoms with van der Waals surface area (Å²) in [4.78, 5) is 2.30. The summed E-state index contributed by atoms with van der Waals surface area (Å²) in [6.45, 7) is 4.01. The Bertz CT molecular complexity index is 406. The molecule has 0 radical (unpaired) electrons. The van der Waals surface area contributed by atoms with Crippen LogP contribution in [-0.2, 0) is 16.0 Å². The predicted molar refractivity (Wildman–Crippen MR) is 66.2 cm³/mol. The monoisotopic (exact) mass is 269 g/mol. The lowest BCUT2D eigenvalue weighted by Gasteiger charge is -2.38. The number of nitrogens with zero attached hydrogens (tertiary/aromatic N) is 3. The molecule has 0 saturated carbocycles. The van der Waals surface area contributed by atoms with Gasteiger partial charge in [-0.1, -0.05) is 11.6 Å². The van der Waals surface area contributed by atoms with Crippen LogP contribution in [0.1, 0.15) is 18.5 Å². The maximum absolute atomic E-state index is 5.75. The third-order valence-corrected chi connectivity index (χ3v) is 3.58. The molecule has 1 aromatic heterocycles. The smallest absolute Gasteiger partial charge is 0.181 e. The topological polar surface area (TPSA) is 47.5 Å². The minimum Gasteiger partial charge on any atom is -0.346 e. The normalized spacial score (nSPS) is 23.6. The molecule has 2 saturated heterocycles. The van der Waals surface area contributed by atoms with Gasteiger partial charge in [-0.05, 0) is 25.1 Å². The van der Waals surface area contributed by atoms with Crippen LogP contribution < -0.4 is 0 Å². The second-order valence-corrected chi connectivity index (χ2v) is 5.16. The van der Waals surface area contributed by atoms with E-state index in [1.165, 1.54) is 0 Å². The van der Waals surface area contributed by atoms with E-state index in [4.69, 9.17) is 21.1 Å². The number of likely N-dealkylation sites (tertiary alicyclic amines) is 1. The molecule has 1 spiro atoms. The van der Waals surface area contributed by atoms with Crippen molar-refractivity contribution in [2.45, 2.75) is 25.2 Å². The SMILES string of the molecule is Clc1ccc(CN2CCCC3(C2)OCCO3)nn1. The largest absolute Gasteiger partial charge is 0.346 e. The van der Waals surface area contributed by atoms with Crippen LogP contribution in [0.25, 0.3) is 0 Å². The maximum atomic E-state index is 5.75. The van der Waals surface area contributed by atoms with Crippen molar-refractivity contribution in [1.82, 2.24) is 15.1 Å². The predicted octanol–water partition coefficient (Wildman–Crippen LogP) is 1.47. The van der Waals surface area contributed by atoms with Crippen molar-refractivity contribution in [1.29, 1.82) is 0 Å². The highest BCUT2D eigenvalue weighted by Gasteiger charge is 2.40. The number of ether oxygens (including phenoxy) is 2. The standard InChI is InChI=1S/C12H16ClN3O2/c13-11-3-2-10(14-15-11)8-16-5-1-4-12(9-16)17-6-7-18-12/h2-3H,1,4-9H2. The van der Waals surface area contributed by atoms with Gasteiger partial charge >= 0.3 is 0 Å². The van der Waals surface area contributed by atoms with E-state index in [0.29, 0.717) is 18.4 Å². The average Bonchev–Trinajstić information content (AvgIpc) is 2.80. The van der Waals surface area contributed by atoms with E-state index >= 15 is 0 Å². The van der Waals surface area contributed by atoms with Gasteiger partial charge < -0.3 is 9.47 Å². The molecular formula is C12H16ClN3O2. The van der Waals surface area contributed by atoms with Gasteiger partial charge in [0.1, 0.15) is 0 Å². The van der Waals surface area contributed by atoms with Crippen LogP contribution in [0.3, 0.4) is 0 Å². The van der Waals surface area contributed by atoms with Crippen molar-refractivity contribution in [2.24, 2.45) is 0 Å². The molecule has 2 aliphatic heterocycles. The summed E-state index contributed by atoms with van der Waals surface area (Å²) in [5.41, 5.74) is 0.925. The molecule has 0 aliphatic carbocycles. The van der Waals surface area contributed by atoms with E-state index in [1.54, 1.807) is 6.07 Å². The van der Waals surface area contributed by atoms with Gasteiger partial charge in [0.15, 0.2) is 10.9 Å². The molecule has 0 bridgehead atoms. The highest BCUT2D eigenvalue weighted by molar-refractivity contribution is 6.29. The van der Waals surface area contributed by atoms with Gasteiger partial charge in [-0.15, -0.1) is 5.10 Å². The Balaban J connectivity index is 1.64. The molecular weight excluding hydrogens is 254 g/mol. The summed E-state index contributed by atoms with van der Waals surface area (Å²) in [7, 11) is 0. The minimum atomic E-state index is -0.377. The molecule has 0 N–H and O–H groups in total. The number of aromatic nitrogens is 2. The molecule has 18 heavy (non-hydrogen) atoms. The molecule has 5 nitrogen and oxygen atoms in total. The van der Waals surface area contributed by atoms with E-state index < -0.39 is 0 Å². The Labute approximate surface area is 111 Å². The molecule has 3 rings (SSSR count). The fraction of sp³-hybridized carbons (Fsp3) is 0.667. The number of hydrogen-bond donors (Lipinski definition) is 0. The Kier molecular flexibility index (Phi) is 3.48. The summed E-state index contributed by atoms with van der Waals surface area (Å²) in [6.07, 6.45) is 2.07. The van der Waals surface area contributed by atoms with Crippen molar-refractivity contribution >= 4 is 11.6 Å². The van der Waals surface area contributed by atoms with E-state index in [0.717, 1.165) is 38.2 Å². The van der Waals surface area contributed by atoms with Gasteiger partial charge in [0, 0.05) is 13.0 Å². The molecule has 0 amide bonds. The molecule has 0 atom stereocenters. The average molecular weight is 270 g/mol. The lowest BCUT2D eigenvalue weighted by atomic mass is 10.0. The molecule has 0 aromatic carbocycles. The van der Waals surface area contributed by atoms with Crippen molar-refractivity contribution in [2.75, 3.05) is 26.3 Å². The Morgan fingerprint density at radius 3 is 2.83 bits per heavy atom. The van der Waals surface area contributed by atoms with E-state index in [-0.39, 0.29) is 5.79 Å². The van der Waals surface area contributed by atoms with Crippen molar-refractivity contribution < 1.29 is 9.47 Å². The minimum absolute atomic E-state index is 0.377. The first-order chi connectivity index (χ1) is 8.76. The van der Waals surface area contributed by atoms with Gasteiger partial charge in [-0.25, -0.2) is 0 Å². The zero-order valence-electron chi connectivity index (χ0n) is 10.1. The summed E-state index contributed by atoms with van der Waals surface area (Å²) in [5, 5.41) is 8.37. The van der Waals surface area contributed by atoms with Gasteiger partial charge in [-0.3, -0.25) is 4.90 Å². The third kappa shape index (κ3) is 2.64. The van der Waals surface area contributed by atoms with E-state index in [1.807, 2.05) is 6.07 Å². The number of piperidine rings is 1. The second kappa shape index (κ2) is 5.09. The third-order valence-electron chi connectivity index (χ3n) is 3.38. The van der Waals surface area contributed by atoms with Gasteiger partial charge in [0.2, 0.25) is 0 Å². The summed E-state index contributed by atoms with van der Waals surface area (Å²) in [6, 6.07) is 3.68. The van der Waals surface area contributed by atoms with Crippen molar-refractivity contribution in [3.8, 4) is 0 Å². The molecule has 1 aromatic rings. The Hall–Kier alpha value is -0.750. The first-order valence-corrected chi connectivity index (χ1v) is 6.62.